The Balaban J connectivity index is 1.92. The minimum Gasteiger partial charge on any atom is -0.465 e. The van der Waals surface area contributed by atoms with Crippen molar-refractivity contribution in [1.29, 1.82) is 0 Å². The van der Waals surface area contributed by atoms with Crippen LogP contribution < -0.4 is 4.31 Å². The van der Waals surface area contributed by atoms with Gasteiger partial charge in [-0.2, -0.15) is 12.7 Å². The third kappa shape index (κ3) is 5.40. The highest BCUT2D eigenvalue weighted by molar-refractivity contribution is 7.90. The molecule has 0 saturated carbocycles. The second-order valence-electron chi connectivity index (χ2n) is 7.83. The summed E-state index contributed by atoms with van der Waals surface area (Å²) in [6.45, 7) is 6.12. The smallest absolute Gasteiger partial charge is 0.337 e. The first-order valence-corrected chi connectivity index (χ1v) is 12.0. The summed E-state index contributed by atoms with van der Waals surface area (Å²) >= 11 is 5.95. The fourth-order valence-electron chi connectivity index (χ4n) is 3.57. The molecule has 0 N–H and O–H groups in total. The SMILES string of the molecule is COC(=O)c1ccc(CN(c2ccc(F)c(Cl)c2)S(=O)(=O)N2CCN(C(C)C)CC2)cc1. The molecular formula is C22H27ClFN3O4S. The number of carbonyl (C=O) groups excluding carboxylic acids is 1. The van der Waals surface area contributed by atoms with Gasteiger partial charge in [0.25, 0.3) is 0 Å². The Bertz CT molecular complexity index is 1060. The highest BCUT2D eigenvalue weighted by Gasteiger charge is 2.33. The Hall–Kier alpha value is -2.20. The number of carbonyl (C=O) groups is 1. The molecule has 0 aromatic heterocycles. The van der Waals surface area contributed by atoms with E-state index in [9.17, 15) is 17.6 Å². The van der Waals surface area contributed by atoms with Gasteiger partial charge in [-0.05, 0) is 49.7 Å². The van der Waals surface area contributed by atoms with Gasteiger partial charge in [-0.1, -0.05) is 23.7 Å². The second kappa shape index (κ2) is 10.2. The van der Waals surface area contributed by atoms with Crippen molar-refractivity contribution < 1.29 is 22.3 Å². The quantitative estimate of drug-likeness (QED) is 0.563. The van der Waals surface area contributed by atoms with E-state index in [1.165, 1.54) is 27.9 Å². The number of halogens is 2. The van der Waals surface area contributed by atoms with Crippen molar-refractivity contribution >= 4 is 33.5 Å². The van der Waals surface area contributed by atoms with Gasteiger partial charge in [0.1, 0.15) is 5.82 Å². The average Bonchev–Trinajstić information content (AvgIpc) is 2.79. The number of hydrogen-bond donors (Lipinski definition) is 0. The molecule has 0 atom stereocenters. The first kappa shape index (κ1) is 24.4. The molecule has 32 heavy (non-hydrogen) atoms. The lowest BCUT2D eigenvalue weighted by molar-refractivity contribution is 0.0600. The topological polar surface area (TPSA) is 70.2 Å². The molecule has 1 saturated heterocycles. The molecule has 2 aromatic rings. The third-order valence-corrected chi connectivity index (χ3v) is 7.70. The van der Waals surface area contributed by atoms with E-state index >= 15 is 0 Å². The molecule has 1 fully saturated rings. The van der Waals surface area contributed by atoms with Crippen molar-refractivity contribution in [1.82, 2.24) is 9.21 Å². The van der Waals surface area contributed by atoms with E-state index in [4.69, 9.17) is 16.3 Å². The molecule has 1 aliphatic heterocycles. The third-order valence-electron chi connectivity index (χ3n) is 5.50. The van der Waals surface area contributed by atoms with Crippen LogP contribution in [-0.2, 0) is 21.5 Å². The number of nitrogens with zero attached hydrogens (tertiary/aromatic N) is 3. The van der Waals surface area contributed by atoms with Gasteiger partial charge in [0, 0.05) is 32.2 Å². The van der Waals surface area contributed by atoms with E-state index in [2.05, 4.69) is 18.7 Å². The summed E-state index contributed by atoms with van der Waals surface area (Å²) in [4.78, 5) is 13.9. The highest BCUT2D eigenvalue weighted by atomic mass is 35.5. The normalized spacial score (nSPS) is 15.7. The van der Waals surface area contributed by atoms with Crippen LogP contribution in [0.4, 0.5) is 10.1 Å². The zero-order valence-corrected chi connectivity index (χ0v) is 19.9. The second-order valence-corrected chi connectivity index (χ2v) is 10.1. The molecule has 0 amide bonds. The predicted octanol–water partition coefficient (Wildman–Crippen LogP) is 3.54. The fourth-order valence-corrected chi connectivity index (χ4v) is 5.34. The van der Waals surface area contributed by atoms with Gasteiger partial charge in [-0.3, -0.25) is 9.21 Å². The maximum Gasteiger partial charge on any atom is 0.337 e. The van der Waals surface area contributed by atoms with E-state index in [1.807, 2.05) is 0 Å². The number of methoxy groups -OCH3 is 1. The molecular weight excluding hydrogens is 457 g/mol. The van der Waals surface area contributed by atoms with Crippen molar-refractivity contribution in [3.05, 3.63) is 64.4 Å². The number of anilines is 1. The van der Waals surface area contributed by atoms with Crippen LogP contribution >= 0.6 is 11.6 Å². The van der Waals surface area contributed by atoms with Crippen LogP contribution in [0.25, 0.3) is 0 Å². The molecule has 2 aromatic carbocycles. The van der Waals surface area contributed by atoms with E-state index in [-0.39, 0.29) is 17.3 Å². The molecule has 10 heteroatoms. The van der Waals surface area contributed by atoms with Crippen molar-refractivity contribution in [3.8, 4) is 0 Å². The standard InChI is InChI=1S/C22H27ClFN3O4S/c1-16(2)25-10-12-26(13-11-25)32(29,30)27(19-8-9-21(24)20(23)14-19)15-17-4-6-18(7-5-17)22(28)31-3/h4-9,14,16H,10-13,15H2,1-3H3. The van der Waals surface area contributed by atoms with Crippen LogP contribution in [0.1, 0.15) is 29.8 Å². The summed E-state index contributed by atoms with van der Waals surface area (Å²) in [7, 11) is -2.62. The Kier molecular flexibility index (Phi) is 7.76. The molecule has 7 nitrogen and oxygen atoms in total. The van der Waals surface area contributed by atoms with E-state index in [0.29, 0.717) is 43.3 Å². The molecule has 0 bridgehead atoms. The molecule has 174 valence electrons. The van der Waals surface area contributed by atoms with Crippen LogP contribution in [0.15, 0.2) is 42.5 Å². The van der Waals surface area contributed by atoms with Crippen molar-refractivity contribution in [2.75, 3.05) is 37.6 Å². The van der Waals surface area contributed by atoms with Gasteiger partial charge in [0.15, 0.2) is 0 Å². The van der Waals surface area contributed by atoms with Crippen LogP contribution in [0, 0.1) is 5.82 Å². The minimum atomic E-state index is -3.92. The number of piperazine rings is 1. The van der Waals surface area contributed by atoms with Gasteiger partial charge in [0.2, 0.25) is 0 Å². The lowest BCUT2D eigenvalue weighted by atomic mass is 10.1. The molecule has 0 spiro atoms. The molecule has 0 radical (unpaired) electrons. The van der Waals surface area contributed by atoms with Crippen LogP contribution in [-0.4, -0.2) is 62.9 Å². The van der Waals surface area contributed by atoms with Crippen molar-refractivity contribution in [3.63, 3.8) is 0 Å². The lowest BCUT2D eigenvalue weighted by Crippen LogP contribution is -2.54. The summed E-state index contributed by atoms with van der Waals surface area (Å²) < 4.78 is 48.3. The monoisotopic (exact) mass is 483 g/mol. The summed E-state index contributed by atoms with van der Waals surface area (Å²) in [5.41, 5.74) is 1.28. The summed E-state index contributed by atoms with van der Waals surface area (Å²) in [6.07, 6.45) is 0. The zero-order chi connectivity index (χ0) is 23.5. The number of esters is 1. The van der Waals surface area contributed by atoms with E-state index in [1.54, 1.807) is 24.3 Å². The summed E-state index contributed by atoms with van der Waals surface area (Å²) in [5, 5.41) is -0.159. The van der Waals surface area contributed by atoms with Crippen LogP contribution in [0.3, 0.4) is 0 Å². The van der Waals surface area contributed by atoms with Gasteiger partial charge >= 0.3 is 16.2 Å². The maximum atomic E-state index is 13.8. The highest BCUT2D eigenvalue weighted by Crippen LogP contribution is 2.28. The molecule has 0 unspecified atom stereocenters. The van der Waals surface area contributed by atoms with Gasteiger partial charge in [-0.15, -0.1) is 0 Å². The maximum absolute atomic E-state index is 13.8. The Morgan fingerprint density at radius 3 is 2.28 bits per heavy atom. The Labute approximate surface area is 193 Å². The Morgan fingerprint density at radius 2 is 1.75 bits per heavy atom. The van der Waals surface area contributed by atoms with E-state index < -0.39 is 22.0 Å². The van der Waals surface area contributed by atoms with Crippen molar-refractivity contribution in [2.24, 2.45) is 0 Å². The lowest BCUT2D eigenvalue weighted by Gasteiger charge is -2.38. The molecule has 1 aliphatic rings. The largest absolute Gasteiger partial charge is 0.465 e. The van der Waals surface area contributed by atoms with Gasteiger partial charge in [0.05, 0.1) is 29.9 Å². The van der Waals surface area contributed by atoms with Crippen molar-refractivity contribution in [2.45, 2.75) is 26.4 Å². The average molecular weight is 484 g/mol. The summed E-state index contributed by atoms with van der Waals surface area (Å²) in [6, 6.07) is 10.7. The van der Waals surface area contributed by atoms with Crippen LogP contribution in [0.5, 0.6) is 0 Å². The minimum absolute atomic E-state index is 0.00383. The van der Waals surface area contributed by atoms with Gasteiger partial charge < -0.3 is 4.74 Å². The predicted molar refractivity (Wildman–Crippen MR) is 123 cm³/mol. The number of benzene rings is 2. The number of hydrogen-bond acceptors (Lipinski definition) is 5. The first-order valence-electron chi connectivity index (χ1n) is 10.3. The molecule has 3 rings (SSSR count). The van der Waals surface area contributed by atoms with Gasteiger partial charge in [-0.25, -0.2) is 9.18 Å². The van der Waals surface area contributed by atoms with Crippen LogP contribution in [0.2, 0.25) is 5.02 Å². The Morgan fingerprint density at radius 1 is 1.12 bits per heavy atom. The zero-order valence-electron chi connectivity index (χ0n) is 18.3. The summed E-state index contributed by atoms with van der Waals surface area (Å²) in [5.74, 6) is -1.10. The fraction of sp³-hybridized carbons (Fsp3) is 0.409. The van der Waals surface area contributed by atoms with E-state index in [0.717, 1.165) is 6.07 Å². The molecule has 1 heterocycles. The first-order chi connectivity index (χ1) is 15.1. The number of rotatable bonds is 7. The number of ether oxygens (including phenoxy) is 1. The molecule has 0 aliphatic carbocycles.